The summed E-state index contributed by atoms with van der Waals surface area (Å²) in [6, 6.07) is 2.95. The lowest BCUT2D eigenvalue weighted by Crippen LogP contribution is -2.12. The van der Waals surface area contributed by atoms with Gasteiger partial charge < -0.3 is 0 Å². The smallest absolute Gasteiger partial charge is 0.261 e. The number of nitrogens with zero attached hydrogens (tertiary/aromatic N) is 1. The Kier molecular flexibility index (Phi) is 2.35. The molecule has 1 aromatic rings. The van der Waals surface area contributed by atoms with Crippen LogP contribution in [-0.4, -0.2) is 11.2 Å². The molecule has 12 heavy (non-hydrogen) atoms. The maximum atomic E-state index is 11.9. The van der Waals surface area contributed by atoms with E-state index in [-0.39, 0.29) is 5.56 Å². The Morgan fingerprint density at radius 3 is 2.58 bits per heavy atom. The quantitative estimate of drug-likeness (QED) is 0.639. The Bertz CT molecular complexity index is 267. The van der Waals surface area contributed by atoms with Gasteiger partial charge in [-0.05, 0) is 18.6 Å². The monoisotopic (exact) mass is 175 g/mol. The van der Waals surface area contributed by atoms with Gasteiger partial charge >= 0.3 is 6.18 Å². The largest absolute Gasteiger partial charge is 0.393 e. The molecule has 0 bridgehead atoms. The SMILES string of the molecule is Cc1ncccc1CC(F)(F)F. The van der Waals surface area contributed by atoms with Crippen LogP contribution in [0, 0.1) is 6.92 Å². The molecule has 1 nitrogen and oxygen atoms in total. The normalized spacial score (nSPS) is 11.7. The van der Waals surface area contributed by atoms with Gasteiger partial charge in [-0.15, -0.1) is 0 Å². The van der Waals surface area contributed by atoms with Gasteiger partial charge in [0, 0.05) is 11.9 Å². The van der Waals surface area contributed by atoms with E-state index in [1.807, 2.05) is 0 Å². The third-order valence-corrected chi connectivity index (χ3v) is 1.51. The summed E-state index contributed by atoms with van der Waals surface area (Å²) in [5, 5.41) is 0. The Morgan fingerprint density at radius 2 is 2.08 bits per heavy atom. The van der Waals surface area contributed by atoms with E-state index >= 15 is 0 Å². The van der Waals surface area contributed by atoms with Gasteiger partial charge in [0.05, 0.1) is 6.42 Å². The molecule has 1 aromatic heterocycles. The average molecular weight is 175 g/mol. The van der Waals surface area contributed by atoms with Crippen molar-refractivity contribution in [3.05, 3.63) is 29.6 Å². The molecule has 0 fully saturated rings. The number of hydrogen-bond donors (Lipinski definition) is 0. The van der Waals surface area contributed by atoms with Crippen LogP contribution >= 0.6 is 0 Å². The highest BCUT2D eigenvalue weighted by atomic mass is 19.4. The van der Waals surface area contributed by atoms with Crippen molar-refractivity contribution in [2.45, 2.75) is 19.5 Å². The second-order valence-electron chi connectivity index (χ2n) is 2.54. The minimum Gasteiger partial charge on any atom is -0.261 e. The van der Waals surface area contributed by atoms with Crippen molar-refractivity contribution in [2.75, 3.05) is 0 Å². The molecule has 0 spiro atoms. The van der Waals surface area contributed by atoms with Gasteiger partial charge in [-0.2, -0.15) is 13.2 Å². The number of rotatable bonds is 1. The van der Waals surface area contributed by atoms with Crippen molar-refractivity contribution in [1.29, 1.82) is 0 Å². The third kappa shape index (κ3) is 2.53. The minimum atomic E-state index is -4.15. The van der Waals surface area contributed by atoms with Gasteiger partial charge in [-0.25, -0.2) is 0 Å². The first-order chi connectivity index (χ1) is 5.49. The van der Waals surface area contributed by atoms with Gasteiger partial charge in [0.2, 0.25) is 0 Å². The predicted octanol–water partition coefficient (Wildman–Crippen LogP) is 2.49. The number of hydrogen-bond acceptors (Lipinski definition) is 1. The second-order valence-corrected chi connectivity index (χ2v) is 2.54. The van der Waals surface area contributed by atoms with Crippen LogP contribution in [0.25, 0.3) is 0 Å². The van der Waals surface area contributed by atoms with Crippen molar-refractivity contribution < 1.29 is 13.2 Å². The minimum absolute atomic E-state index is 0.241. The molecule has 0 saturated carbocycles. The van der Waals surface area contributed by atoms with Crippen LogP contribution in [0.3, 0.4) is 0 Å². The lowest BCUT2D eigenvalue weighted by molar-refractivity contribution is -0.127. The topological polar surface area (TPSA) is 12.9 Å². The van der Waals surface area contributed by atoms with Crippen LogP contribution in [0.5, 0.6) is 0 Å². The van der Waals surface area contributed by atoms with Gasteiger partial charge in [-0.3, -0.25) is 4.98 Å². The molecule has 0 unspecified atom stereocenters. The van der Waals surface area contributed by atoms with Gasteiger partial charge in [0.15, 0.2) is 0 Å². The molecule has 0 aliphatic rings. The Labute approximate surface area is 68.2 Å². The number of halogens is 3. The van der Waals surface area contributed by atoms with Crippen LogP contribution in [-0.2, 0) is 6.42 Å². The van der Waals surface area contributed by atoms with E-state index < -0.39 is 12.6 Å². The van der Waals surface area contributed by atoms with Crippen LogP contribution in [0.15, 0.2) is 18.3 Å². The molecule has 0 amide bonds. The molecule has 0 aliphatic heterocycles. The summed E-state index contributed by atoms with van der Waals surface area (Å²) in [5.41, 5.74) is 0.680. The maximum absolute atomic E-state index is 11.9. The van der Waals surface area contributed by atoms with E-state index in [0.29, 0.717) is 5.69 Å². The summed E-state index contributed by atoms with van der Waals surface area (Å²) < 4.78 is 35.7. The molecule has 1 heterocycles. The fourth-order valence-corrected chi connectivity index (χ4v) is 0.920. The van der Waals surface area contributed by atoms with Gasteiger partial charge in [-0.1, -0.05) is 6.07 Å². The molecule has 0 radical (unpaired) electrons. The second kappa shape index (κ2) is 3.13. The molecule has 0 atom stereocenters. The molecular formula is C8H8F3N. The summed E-state index contributed by atoms with van der Waals surface area (Å²) in [7, 11) is 0. The van der Waals surface area contributed by atoms with E-state index in [2.05, 4.69) is 4.98 Å². The fraction of sp³-hybridized carbons (Fsp3) is 0.375. The number of pyridine rings is 1. The van der Waals surface area contributed by atoms with Gasteiger partial charge in [0.25, 0.3) is 0 Å². The van der Waals surface area contributed by atoms with Crippen molar-refractivity contribution >= 4 is 0 Å². The van der Waals surface area contributed by atoms with E-state index in [0.717, 1.165) is 0 Å². The zero-order valence-corrected chi connectivity index (χ0v) is 6.52. The number of aryl methyl sites for hydroxylation is 1. The van der Waals surface area contributed by atoms with Crippen molar-refractivity contribution in [3.8, 4) is 0 Å². The van der Waals surface area contributed by atoms with Gasteiger partial charge in [0.1, 0.15) is 0 Å². The Morgan fingerprint density at radius 1 is 1.42 bits per heavy atom. The summed E-state index contributed by atoms with van der Waals surface area (Å²) in [6.45, 7) is 1.57. The predicted molar refractivity (Wildman–Crippen MR) is 38.7 cm³/mol. The Balaban J connectivity index is 2.83. The Hall–Kier alpha value is -1.06. The van der Waals surface area contributed by atoms with E-state index in [1.54, 1.807) is 6.92 Å². The standard InChI is InChI=1S/C8H8F3N/c1-6-7(3-2-4-12-6)5-8(9,10)11/h2-4H,5H2,1H3. The molecule has 4 heteroatoms. The van der Waals surface area contributed by atoms with Crippen molar-refractivity contribution in [2.24, 2.45) is 0 Å². The first kappa shape index (κ1) is 9.03. The molecule has 66 valence electrons. The highest BCUT2D eigenvalue weighted by Crippen LogP contribution is 2.21. The van der Waals surface area contributed by atoms with E-state index in [1.165, 1.54) is 18.3 Å². The first-order valence-electron chi connectivity index (χ1n) is 3.46. The highest BCUT2D eigenvalue weighted by molar-refractivity contribution is 5.19. The zero-order valence-electron chi connectivity index (χ0n) is 6.52. The summed E-state index contributed by atoms with van der Waals surface area (Å²) >= 11 is 0. The highest BCUT2D eigenvalue weighted by Gasteiger charge is 2.28. The van der Waals surface area contributed by atoms with Crippen LogP contribution < -0.4 is 0 Å². The van der Waals surface area contributed by atoms with Crippen LogP contribution in [0.4, 0.5) is 13.2 Å². The maximum Gasteiger partial charge on any atom is 0.393 e. The number of alkyl halides is 3. The van der Waals surface area contributed by atoms with Crippen LogP contribution in [0.2, 0.25) is 0 Å². The lowest BCUT2D eigenvalue weighted by atomic mass is 10.1. The van der Waals surface area contributed by atoms with Crippen molar-refractivity contribution in [1.82, 2.24) is 4.98 Å². The molecular weight excluding hydrogens is 167 g/mol. The van der Waals surface area contributed by atoms with Crippen LogP contribution in [0.1, 0.15) is 11.3 Å². The first-order valence-corrected chi connectivity index (χ1v) is 3.46. The molecule has 0 saturated heterocycles. The van der Waals surface area contributed by atoms with E-state index in [4.69, 9.17) is 0 Å². The fourth-order valence-electron chi connectivity index (χ4n) is 0.920. The lowest BCUT2D eigenvalue weighted by Gasteiger charge is -2.07. The summed E-state index contributed by atoms with van der Waals surface area (Å²) in [4.78, 5) is 3.76. The number of aromatic nitrogens is 1. The zero-order chi connectivity index (χ0) is 9.19. The average Bonchev–Trinajstić information content (AvgIpc) is 1.91. The summed E-state index contributed by atoms with van der Waals surface area (Å²) in [5.74, 6) is 0. The summed E-state index contributed by atoms with van der Waals surface area (Å²) in [6.07, 6.45) is -3.56. The molecule has 0 aliphatic carbocycles. The molecule has 0 N–H and O–H groups in total. The van der Waals surface area contributed by atoms with Crippen molar-refractivity contribution in [3.63, 3.8) is 0 Å². The third-order valence-electron chi connectivity index (χ3n) is 1.51. The molecule has 1 rings (SSSR count). The van der Waals surface area contributed by atoms with E-state index in [9.17, 15) is 13.2 Å². The molecule has 0 aromatic carbocycles.